The van der Waals surface area contributed by atoms with Crippen molar-refractivity contribution >= 4 is 18.3 Å². The molecule has 2 aromatic rings. The summed E-state index contributed by atoms with van der Waals surface area (Å²) < 4.78 is 5.20. The number of ether oxygens (including phenoxy) is 1. The number of nitrogens with zero attached hydrogens (tertiary/aromatic N) is 2. The Morgan fingerprint density at radius 3 is 2.77 bits per heavy atom. The van der Waals surface area contributed by atoms with E-state index in [4.69, 9.17) is 4.74 Å². The van der Waals surface area contributed by atoms with Crippen LogP contribution in [0.15, 0.2) is 48.8 Å². The number of carbonyl (C=O) groups is 1. The second-order valence-corrected chi connectivity index (χ2v) is 6.47. The first kappa shape index (κ1) is 20.2. The van der Waals surface area contributed by atoms with Gasteiger partial charge in [-0.3, -0.25) is 9.78 Å². The van der Waals surface area contributed by atoms with Crippen molar-refractivity contribution in [3.63, 3.8) is 0 Å². The molecule has 2 unspecified atom stereocenters. The van der Waals surface area contributed by atoms with E-state index in [9.17, 15) is 4.79 Å². The number of nitrogens with one attached hydrogen (secondary N) is 1. The van der Waals surface area contributed by atoms with E-state index in [-0.39, 0.29) is 30.3 Å². The van der Waals surface area contributed by atoms with E-state index in [1.54, 1.807) is 13.3 Å². The molecule has 3 rings (SSSR count). The highest BCUT2D eigenvalue weighted by atomic mass is 35.5. The smallest absolute Gasteiger partial charge is 0.223 e. The number of carbonyl (C=O) groups excluding carboxylic acids is 1. The first-order valence-electron chi connectivity index (χ1n) is 8.73. The van der Waals surface area contributed by atoms with Gasteiger partial charge in [-0.15, -0.1) is 12.4 Å². The van der Waals surface area contributed by atoms with Crippen molar-refractivity contribution in [2.45, 2.75) is 25.3 Å². The van der Waals surface area contributed by atoms with Gasteiger partial charge in [-0.1, -0.05) is 25.1 Å². The third-order valence-electron chi connectivity index (χ3n) is 4.80. The van der Waals surface area contributed by atoms with Crippen molar-refractivity contribution in [3.8, 4) is 5.75 Å². The van der Waals surface area contributed by atoms with Crippen molar-refractivity contribution in [2.75, 3.05) is 26.7 Å². The lowest BCUT2D eigenvalue weighted by molar-refractivity contribution is -0.134. The summed E-state index contributed by atoms with van der Waals surface area (Å²) in [6.07, 6.45) is 4.12. The summed E-state index contributed by atoms with van der Waals surface area (Å²) in [5.74, 6) is 1.20. The Hall–Kier alpha value is -2.11. The van der Waals surface area contributed by atoms with E-state index in [1.807, 2.05) is 47.5 Å². The van der Waals surface area contributed by atoms with E-state index in [0.717, 1.165) is 36.5 Å². The average Bonchev–Trinajstić information content (AvgIpc) is 2.68. The Morgan fingerprint density at radius 1 is 1.35 bits per heavy atom. The molecule has 1 aliphatic heterocycles. The summed E-state index contributed by atoms with van der Waals surface area (Å²) in [6.45, 7) is 4.43. The molecular weight excluding hydrogens is 350 g/mol. The molecule has 1 N–H and O–H groups in total. The molecule has 2 atom stereocenters. The summed E-state index contributed by atoms with van der Waals surface area (Å²) in [6, 6.07) is 12.0. The van der Waals surface area contributed by atoms with Crippen molar-refractivity contribution in [3.05, 3.63) is 59.9 Å². The average molecular weight is 376 g/mol. The van der Waals surface area contributed by atoms with Gasteiger partial charge >= 0.3 is 0 Å². The predicted molar refractivity (Wildman–Crippen MR) is 105 cm³/mol. The number of pyridine rings is 1. The molecule has 26 heavy (non-hydrogen) atoms. The second-order valence-electron chi connectivity index (χ2n) is 6.47. The Kier molecular flexibility index (Phi) is 7.42. The lowest BCUT2D eigenvalue weighted by Gasteiger charge is -2.37. The number of hydrogen-bond donors (Lipinski definition) is 1. The summed E-state index contributed by atoms with van der Waals surface area (Å²) in [4.78, 5) is 19.1. The molecule has 1 aliphatic rings. The maximum Gasteiger partial charge on any atom is 0.223 e. The van der Waals surface area contributed by atoms with Crippen molar-refractivity contribution in [1.29, 1.82) is 0 Å². The van der Waals surface area contributed by atoms with Crippen molar-refractivity contribution in [2.24, 2.45) is 0 Å². The molecule has 5 nitrogen and oxygen atoms in total. The van der Waals surface area contributed by atoms with Gasteiger partial charge in [0.2, 0.25) is 5.91 Å². The molecule has 0 saturated carbocycles. The van der Waals surface area contributed by atoms with Crippen molar-refractivity contribution < 1.29 is 9.53 Å². The zero-order chi connectivity index (χ0) is 17.6. The fourth-order valence-corrected chi connectivity index (χ4v) is 3.30. The SMILES string of the molecule is COc1ccc(C(C)CC(=O)N2CCNCC2c2cccnc2)cc1.Cl. The van der Waals surface area contributed by atoms with E-state index in [0.29, 0.717) is 6.42 Å². The van der Waals surface area contributed by atoms with Crippen LogP contribution in [0, 0.1) is 0 Å². The van der Waals surface area contributed by atoms with E-state index < -0.39 is 0 Å². The topological polar surface area (TPSA) is 54.5 Å². The Morgan fingerprint density at radius 2 is 2.12 bits per heavy atom. The van der Waals surface area contributed by atoms with E-state index >= 15 is 0 Å². The van der Waals surface area contributed by atoms with Gasteiger partial charge < -0.3 is 15.0 Å². The van der Waals surface area contributed by atoms with Gasteiger partial charge in [-0.2, -0.15) is 0 Å². The van der Waals surface area contributed by atoms with Crippen LogP contribution in [0.2, 0.25) is 0 Å². The Bertz CT molecular complexity index is 694. The molecule has 140 valence electrons. The maximum absolute atomic E-state index is 12.9. The third-order valence-corrected chi connectivity index (χ3v) is 4.80. The number of piperazine rings is 1. The largest absolute Gasteiger partial charge is 0.497 e. The fourth-order valence-electron chi connectivity index (χ4n) is 3.30. The second kappa shape index (κ2) is 9.55. The van der Waals surface area contributed by atoms with Crippen LogP contribution in [0.1, 0.15) is 36.4 Å². The number of halogens is 1. The minimum absolute atomic E-state index is 0. The van der Waals surface area contributed by atoms with Gasteiger partial charge in [0.25, 0.3) is 0 Å². The molecule has 1 saturated heterocycles. The standard InChI is InChI=1S/C20H25N3O2.ClH/c1-15(16-5-7-18(25-2)8-6-16)12-20(24)23-11-10-22-14-19(23)17-4-3-9-21-13-17;/h3-9,13,15,19,22H,10-12,14H2,1-2H3;1H. The van der Waals surface area contributed by atoms with Gasteiger partial charge in [0, 0.05) is 38.4 Å². The first-order valence-corrected chi connectivity index (χ1v) is 8.73. The predicted octanol–water partition coefficient (Wildman–Crippen LogP) is 3.18. The Balaban J connectivity index is 0.00000243. The number of methoxy groups -OCH3 is 1. The third kappa shape index (κ3) is 4.74. The molecule has 2 heterocycles. The summed E-state index contributed by atoms with van der Waals surface area (Å²) in [5.41, 5.74) is 2.24. The molecule has 1 fully saturated rings. The number of amides is 1. The van der Waals surface area contributed by atoms with Crippen LogP contribution in [0.5, 0.6) is 5.75 Å². The quantitative estimate of drug-likeness (QED) is 0.872. The van der Waals surface area contributed by atoms with Crippen LogP contribution in [0.4, 0.5) is 0 Å². The molecule has 1 amide bonds. The normalized spacial score (nSPS) is 17.9. The first-order chi connectivity index (χ1) is 12.2. The van der Waals surface area contributed by atoms with Gasteiger partial charge in [0.1, 0.15) is 5.75 Å². The molecule has 6 heteroatoms. The summed E-state index contributed by atoms with van der Waals surface area (Å²) in [5, 5.41) is 3.38. The highest BCUT2D eigenvalue weighted by Gasteiger charge is 2.28. The van der Waals surface area contributed by atoms with Crippen LogP contribution >= 0.6 is 12.4 Å². The zero-order valence-electron chi connectivity index (χ0n) is 15.2. The maximum atomic E-state index is 12.9. The van der Waals surface area contributed by atoms with Crippen LogP contribution in [0.25, 0.3) is 0 Å². The minimum atomic E-state index is 0. The molecular formula is C20H26ClN3O2. The van der Waals surface area contributed by atoms with E-state index in [1.165, 1.54) is 0 Å². The molecule has 0 radical (unpaired) electrons. The lowest BCUT2D eigenvalue weighted by Crippen LogP contribution is -2.48. The highest BCUT2D eigenvalue weighted by Crippen LogP contribution is 2.27. The molecule has 0 aliphatic carbocycles. The summed E-state index contributed by atoms with van der Waals surface area (Å²) in [7, 11) is 1.66. The highest BCUT2D eigenvalue weighted by molar-refractivity contribution is 5.85. The molecule has 0 bridgehead atoms. The fraction of sp³-hybridized carbons (Fsp3) is 0.400. The molecule has 0 spiro atoms. The van der Waals surface area contributed by atoms with Crippen LogP contribution < -0.4 is 10.1 Å². The van der Waals surface area contributed by atoms with Crippen LogP contribution in [0.3, 0.4) is 0 Å². The number of rotatable bonds is 5. The van der Waals surface area contributed by atoms with Gasteiger partial charge in [0.05, 0.1) is 13.2 Å². The lowest BCUT2D eigenvalue weighted by atomic mass is 9.96. The zero-order valence-corrected chi connectivity index (χ0v) is 16.0. The van der Waals surface area contributed by atoms with Gasteiger partial charge in [-0.25, -0.2) is 0 Å². The van der Waals surface area contributed by atoms with E-state index in [2.05, 4.69) is 17.2 Å². The van der Waals surface area contributed by atoms with Crippen LogP contribution in [-0.2, 0) is 4.79 Å². The van der Waals surface area contributed by atoms with Crippen molar-refractivity contribution in [1.82, 2.24) is 15.2 Å². The number of aromatic nitrogens is 1. The van der Waals surface area contributed by atoms with Gasteiger partial charge in [0.15, 0.2) is 0 Å². The minimum Gasteiger partial charge on any atom is -0.497 e. The monoisotopic (exact) mass is 375 g/mol. The molecule has 1 aromatic heterocycles. The van der Waals surface area contributed by atoms with Crippen LogP contribution in [-0.4, -0.2) is 42.5 Å². The Labute approximate surface area is 161 Å². The number of hydrogen-bond acceptors (Lipinski definition) is 4. The molecule has 1 aromatic carbocycles. The number of benzene rings is 1. The van der Waals surface area contributed by atoms with Gasteiger partial charge in [-0.05, 0) is 35.2 Å². The summed E-state index contributed by atoms with van der Waals surface area (Å²) >= 11 is 0.